The number of aliphatic hydroxyl groups is 1. The number of rotatable bonds is 8. The summed E-state index contributed by atoms with van der Waals surface area (Å²) in [5.41, 5.74) is 4.07. The standard InChI is InChI=1S/C15H25NOS/c1-12-5-6-15(11-13(12)2)14(3)16-7-10-18-9-4-8-17/h5-6,11,14,16-17H,4,7-10H2,1-3H3. The molecule has 0 aliphatic rings. The van der Waals surface area contributed by atoms with Gasteiger partial charge in [0.2, 0.25) is 0 Å². The van der Waals surface area contributed by atoms with Gasteiger partial charge in [0.05, 0.1) is 0 Å². The zero-order chi connectivity index (χ0) is 13.4. The van der Waals surface area contributed by atoms with E-state index in [4.69, 9.17) is 5.11 Å². The van der Waals surface area contributed by atoms with Gasteiger partial charge in [-0.2, -0.15) is 11.8 Å². The van der Waals surface area contributed by atoms with Gasteiger partial charge in [0.15, 0.2) is 0 Å². The summed E-state index contributed by atoms with van der Waals surface area (Å²) in [6.07, 6.45) is 0.900. The average Bonchev–Trinajstić information content (AvgIpc) is 2.36. The highest BCUT2D eigenvalue weighted by atomic mass is 32.2. The van der Waals surface area contributed by atoms with Gasteiger partial charge in [-0.05, 0) is 49.6 Å². The molecule has 0 aliphatic carbocycles. The van der Waals surface area contributed by atoms with Crippen molar-refractivity contribution in [3.63, 3.8) is 0 Å². The van der Waals surface area contributed by atoms with Gasteiger partial charge in [0.1, 0.15) is 0 Å². The molecule has 0 fully saturated rings. The highest BCUT2D eigenvalue weighted by Crippen LogP contribution is 2.16. The second-order valence-corrected chi connectivity index (χ2v) is 5.93. The van der Waals surface area contributed by atoms with Gasteiger partial charge < -0.3 is 10.4 Å². The number of thioether (sulfide) groups is 1. The van der Waals surface area contributed by atoms with E-state index in [-0.39, 0.29) is 0 Å². The van der Waals surface area contributed by atoms with E-state index in [9.17, 15) is 0 Å². The first-order chi connectivity index (χ1) is 8.65. The largest absolute Gasteiger partial charge is 0.396 e. The molecule has 1 unspecified atom stereocenters. The Morgan fingerprint density at radius 1 is 1.22 bits per heavy atom. The fraction of sp³-hybridized carbons (Fsp3) is 0.600. The first-order valence-electron chi connectivity index (χ1n) is 6.64. The van der Waals surface area contributed by atoms with E-state index >= 15 is 0 Å². The van der Waals surface area contributed by atoms with Crippen LogP contribution < -0.4 is 5.32 Å². The lowest BCUT2D eigenvalue weighted by atomic mass is 10.0. The number of aliphatic hydroxyl groups excluding tert-OH is 1. The maximum absolute atomic E-state index is 8.68. The minimum absolute atomic E-state index is 0.305. The van der Waals surface area contributed by atoms with Crippen molar-refractivity contribution in [3.8, 4) is 0 Å². The normalized spacial score (nSPS) is 12.7. The molecule has 0 aromatic heterocycles. The summed E-state index contributed by atoms with van der Waals surface area (Å²) in [4.78, 5) is 0. The summed E-state index contributed by atoms with van der Waals surface area (Å²) in [6, 6.07) is 7.08. The van der Waals surface area contributed by atoms with Gasteiger partial charge in [0.25, 0.3) is 0 Å². The molecule has 1 atom stereocenters. The van der Waals surface area contributed by atoms with Crippen molar-refractivity contribution < 1.29 is 5.11 Å². The van der Waals surface area contributed by atoms with E-state index in [1.807, 2.05) is 11.8 Å². The van der Waals surface area contributed by atoms with Crippen LogP contribution in [-0.2, 0) is 0 Å². The predicted octanol–water partition coefficient (Wildman–Crippen LogP) is 3.07. The van der Waals surface area contributed by atoms with Gasteiger partial charge in [-0.1, -0.05) is 18.2 Å². The summed E-state index contributed by atoms with van der Waals surface area (Å²) >= 11 is 1.90. The van der Waals surface area contributed by atoms with Crippen molar-refractivity contribution in [2.24, 2.45) is 0 Å². The van der Waals surface area contributed by atoms with Crippen LogP contribution in [-0.4, -0.2) is 29.8 Å². The van der Waals surface area contributed by atoms with Crippen molar-refractivity contribution in [2.45, 2.75) is 33.2 Å². The molecule has 0 saturated heterocycles. The molecule has 0 amide bonds. The monoisotopic (exact) mass is 267 g/mol. The SMILES string of the molecule is Cc1ccc(C(C)NCCSCCCO)cc1C. The molecule has 0 spiro atoms. The molecule has 2 nitrogen and oxygen atoms in total. The molecule has 2 N–H and O–H groups in total. The lowest BCUT2D eigenvalue weighted by Gasteiger charge is -2.15. The summed E-state index contributed by atoms with van der Waals surface area (Å²) in [6.45, 7) is 7.84. The van der Waals surface area contributed by atoms with Crippen LogP contribution in [0.15, 0.2) is 18.2 Å². The molecular weight excluding hydrogens is 242 g/mol. The van der Waals surface area contributed by atoms with Gasteiger partial charge in [-0.15, -0.1) is 0 Å². The van der Waals surface area contributed by atoms with E-state index < -0.39 is 0 Å². The molecule has 1 aromatic carbocycles. The second kappa shape index (κ2) is 8.57. The van der Waals surface area contributed by atoms with Gasteiger partial charge >= 0.3 is 0 Å². The van der Waals surface area contributed by atoms with Crippen LogP contribution in [0.4, 0.5) is 0 Å². The maximum Gasteiger partial charge on any atom is 0.0438 e. The smallest absolute Gasteiger partial charge is 0.0438 e. The predicted molar refractivity (Wildman–Crippen MR) is 81.4 cm³/mol. The number of nitrogens with one attached hydrogen (secondary N) is 1. The fourth-order valence-electron chi connectivity index (χ4n) is 1.77. The molecule has 0 bridgehead atoms. The third-order valence-electron chi connectivity index (χ3n) is 3.17. The second-order valence-electron chi connectivity index (χ2n) is 4.71. The molecule has 18 heavy (non-hydrogen) atoms. The topological polar surface area (TPSA) is 32.3 Å². The van der Waals surface area contributed by atoms with Crippen molar-refractivity contribution >= 4 is 11.8 Å². The Kier molecular flexibility index (Phi) is 7.40. The molecule has 0 aliphatic heterocycles. The quantitative estimate of drug-likeness (QED) is 0.710. The molecule has 0 radical (unpaired) electrons. The van der Waals surface area contributed by atoms with Crippen molar-refractivity contribution in [2.75, 3.05) is 24.7 Å². The van der Waals surface area contributed by atoms with Crippen LogP contribution in [0.1, 0.15) is 36.1 Å². The highest BCUT2D eigenvalue weighted by molar-refractivity contribution is 7.99. The summed E-state index contributed by atoms with van der Waals surface area (Å²) < 4.78 is 0. The molecule has 1 aromatic rings. The van der Waals surface area contributed by atoms with Crippen LogP contribution in [0.5, 0.6) is 0 Å². The molecule has 102 valence electrons. The Labute approximate surface area is 115 Å². The molecule has 0 heterocycles. The molecule has 1 rings (SSSR count). The Bertz CT molecular complexity index is 354. The van der Waals surface area contributed by atoms with E-state index in [0.717, 1.165) is 24.5 Å². The van der Waals surface area contributed by atoms with Crippen LogP contribution >= 0.6 is 11.8 Å². The third kappa shape index (κ3) is 5.42. The first-order valence-corrected chi connectivity index (χ1v) is 7.79. The average molecular weight is 267 g/mol. The number of hydrogen-bond acceptors (Lipinski definition) is 3. The number of hydrogen-bond donors (Lipinski definition) is 2. The van der Waals surface area contributed by atoms with Gasteiger partial charge in [-0.3, -0.25) is 0 Å². The van der Waals surface area contributed by atoms with E-state index in [2.05, 4.69) is 44.3 Å². The number of benzene rings is 1. The van der Waals surface area contributed by atoms with Crippen molar-refractivity contribution in [3.05, 3.63) is 34.9 Å². The molecule has 0 saturated carbocycles. The summed E-state index contributed by atoms with van der Waals surface area (Å²) in [7, 11) is 0. The third-order valence-corrected chi connectivity index (χ3v) is 4.24. The number of aryl methyl sites for hydroxylation is 2. The summed E-state index contributed by atoms with van der Waals surface area (Å²) in [5, 5.41) is 12.2. The van der Waals surface area contributed by atoms with E-state index in [0.29, 0.717) is 12.6 Å². The van der Waals surface area contributed by atoms with Crippen molar-refractivity contribution in [1.29, 1.82) is 0 Å². The van der Waals surface area contributed by atoms with Crippen LogP contribution in [0.25, 0.3) is 0 Å². The van der Waals surface area contributed by atoms with Gasteiger partial charge in [0, 0.05) is 24.9 Å². The first kappa shape index (κ1) is 15.5. The van der Waals surface area contributed by atoms with E-state index in [1.54, 1.807) is 0 Å². The fourth-order valence-corrected chi connectivity index (χ4v) is 2.57. The zero-order valence-corrected chi connectivity index (χ0v) is 12.5. The Hall–Kier alpha value is -0.510. The van der Waals surface area contributed by atoms with Crippen molar-refractivity contribution in [1.82, 2.24) is 5.32 Å². The summed E-state index contributed by atoms with van der Waals surface area (Å²) in [5.74, 6) is 2.16. The van der Waals surface area contributed by atoms with E-state index in [1.165, 1.54) is 16.7 Å². The Morgan fingerprint density at radius 3 is 2.67 bits per heavy atom. The minimum Gasteiger partial charge on any atom is -0.396 e. The zero-order valence-electron chi connectivity index (χ0n) is 11.7. The Morgan fingerprint density at radius 2 is 2.00 bits per heavy atom. The van der Waals surface area contributed by atoms with Gasteiger partial charge in [-0.25, -0.2) is 0 Å². The van der Waals surface area contributed by atoms with Crippen LogP contribution in [0.3, 0.4) is 0 Å². The van der Waals surface area contributed by atoms with Crippen LogP contribution in [0, 0.1) is 13.8 Å². The molecule has 3 heteroatoms. The lowest BCUT2D eigenvalue weighted by Crippen LogP contribution is -2.21. The Balaban J connectivity index is 2.27. The highest BCUT2D eigenvalue weighted by Gasteiger charge is 2.05. The minimum atomic E-state index is 0.305. The maximum atomic E-state index is 8.68. The van der Waals surface area contributed by atoms with Crippen LogP contribution in [0.2, 0.25) is 0 Å². The molecular formula is C15H25NOS. The lowest BCUT2D eigenvalue weighted by molar-refractivity contribution is 0.296.